The van der Waals surface area contributed by atoms with Gasteiger partial charge in [0, 0.05) is 30.5 Å². The van der Waals surface area contributed by atoms with Gasteiger partial charge in [0.15, 0.2) is 0 Å². The summed E-state index contributed by atoms with van der Waals surface area (Å²) in [6, 6.07) is 4.34. The van der Waals surface area contributed by atoms with Gasteiger partial charge in [-0.05, 0) is 45.0 Å². The van der Waals surface area contributed by atoms with Crippen molar-refractivity contribution in [1.82, 2.24) is 9.88 Å². The van der Waals surface area contributed by atoms with Gasteiger partial charge in [-0.2, -0.15) is 0 Å². The SMILES string of the molecule is CCC(C)(C)N(C)C(CN)c1ccncc1. The molecular weight excluding hydrogens is 198 g/mol. The number of nitrogens with zero attached hydrogens (tertiary/aromatic N) is 2. The van der Waals surface area contributed by atoms with Crippen molar-refractivity contribution in [3.63, 3.8) is 0 Å². The van der Waals surface area contributed by atoms with Crippen LogP contribution in [0.1, 0.15) is 38.8 Å². The Balaban J connectivity index is 2.91. The minimum atomic E-state index is 0.160. The molecule has 0 aliphatic rings. The summed E-state index contributed by atoms with van der Waals surface area (Å²) in [4.78, 5) is 6.39. The number of hydrogen-bond donors (Lipinski definition) is 1. The van der Waals surface area contributed by atoms with Crippen molar-refractivity contribution in [2.24, 2.45) is 5.73 Å². The van der Waals surface area contributed by atoms with Gasteiger partial charge >= 0.3 is 0 Å². The molecule has 0 aromatic carbocycles. The Hall–Kier alpha value is -0.930. The molecule has 0 saturated carbocycles. The first-order chi connectivity index (χ1) is 7.53. The van der Waals surface area contributed by atoms with Crippen molar-refractivity contribution < 1.29 is 0 Å². The van der Waals surface area contributed by atoms with Crippen molar-refractivity contribution in [3.8, 4) is 0 Å². The molecule has 1 aromatic rings. The highest BCUT2D eigenvalue weighted by Crippen LogP contribution is 2.27. The average Bonchev–Trinajstić information content (AvgIpc) is 2.31. The molecule has 1 aromatic heterocycles. The van der Waals surface area contributed by atoms with Crippen molar-refractivity contribution in [2.45, 2.75) is 38.8 Å². The highest BCUT2D eigenvalue weighted by molar-refractivity contribution is 5.16. The van der Waals surface area contributed by atoms with Crippen LogP contribution in [0.5, 0.6) is 0 Å². The number of aromatic nitrogens is 1. The van der Waals surface area contributed by atoms with Crippen LogP contribution in [-0.2, 0) is 0 Å². The maximum absolute atomic E-state index is 5.90. The molecule has 0 radical (unpaired) electrons. The molecule has 3 nitrogen and oxygen atoms in total. The largest absolute Gasteiger partial charge is 0.329 e. The molecule has 0 saturated heterocycles. The Morgan fingerprint density at radius 3 is 2.38 bits per heavy atom. The third-order valence-electron chi connectivity index (χ3n) is 3.60. The van der Waals surface area contributed by atoms with Crippen LogP contribution in [0.15, 0.2) is 24.5 Å². The summed E-state index contributed by atoms with van der Waals surface area (Å²) in [5.74, 6) is 0. The Bertz CT molecular complexity index is 308. The first kappa shape index (κ1) is 13.1. The number of likely N-dealkylation sites (N-methyl/N-ethyl adjacent to an activating group) is 1. The predicted octanol–water partition coefficient (Wildman–Crippen LogP) is 2.20. The predicted molar refractivity (Wildman–Crippen MR) is 68.2 cm³/mol. The van der Waals surface area contributed by atoms with E-state index >= 15 is 0 Å². The fraction of sp³-hybridized carbons (Fsp3) is 0.615. The third kappa shape index (κ3) is 2.80. The lowest BCUT2D eigenvalue weighted by Crippen LogP contribution is -2.45. The third-order valence-corrected chi connectivity index (χ3v) is 3.60. The minimum absolute atomic E-state index is 0.160. The van der Waals surface area contributed by atoms with E-state index in [9.17, 15) is 0 Å². The summed E-state index contributed by atoms with van der Waals surface area (Å²) >= 11 is 0. The van der Waals surface area contributed by atoms with E-state index in [0.717, 1.165) is 6.42 Å². The molecule has 0 bridgehead atoms. The molecule has 0 amide bonds. The van der Waals surface area contributed by atoms with Crippen LogP contribution in [-0.4, -0.2) is 29.0 Å². The molecule has 2 N–H and O–H groups in total. The fourth-order valence-electron chi connectivity index (χ4n) is 1.77. The smallest absolute Gasteiger partial charge is 0.0473 e. The van der Waals surface area contributed by atoms with E-state index in [1.807, 2.05) is 24.5 Å². The van der Waals surface area contributed by atoms with Crippen molar-refractivity contribution >= 4 is 0 Å². The lowest BCUT2D eigenvalue weighted by atomic mass is 9.95. The number of hydrogen-bond acceptors (Lipinski definition) is 3. The number of pyridine rings is 1. The van der Waals surface area contributed by atoms with Crippen molar-refractivity contribution in [3.05, 3.63) is 30.1 Å². The van der Waals surface area contributed by atoms with Gasteiger partial charge in [-0.3, -0.25) is 9.88 Å². The Morgan fingerprint density at radius 2 is 1.94 bits per heavy atom. The van der Waals surface area contributed by atoms with Gasteiger partial charge in [-0.1, -0.05) is 6.92 Å². The van der Waals surface area contributed by atoms with Gasteiger partial charge in [0.2, 0.25) is 0 Å². The van der Waals surface area contributed by atoms with Crippen LogP contribution in [0, 0.1) is 0 Å². The number of rotatable bonds is 5. The lowest BCUT2D eigenvalue weighted by molar-refractivity contribution is 0.100. The van der Waals surface area contributed by atoms with Crippen LogP contribution in [0.25, 0.3) is 0 Å². The van der Waals surface area contributed by atoms with Crippen molar-refractivity contribution in [1.29, 1.82) is 0 Å². The van der Waals surface area contributed by atoms with E-state index in [0.29, 0.717) is 6.54 Å². The van der Waals surface area contributed by atoms with Crippen LogP contribution in [0.2, 0.25) is 0 Å². The van der Waals surface area contributed by atoms with Gasteiger partial charge in [0.1, 0.15) is 0 Å². The van der Waals surface area contributed by atoms with Crippen LogP contribution >= 0.6 is 0 Å². The van der Waals surface area contributed by atoms with E-state index in [2.05, 4.69) is 37.7 Å². The second-order valence-corrected chi connectivity index (χ2v) is 4.81. The zero-order chi connectivity index (χ0) is 12.2. The van der Waals surface area contributed by atoms with E-state index in [-0.39, 0.29) is 11.6 Å². The number of nitrogens with two attached hydrogens (primary N) is 1. The zero-order valence-corrected chi connectivity index (χ0v) is 10.8. The molecule has 0 fully saturated rings. The molecule has 0 aliphatic heterocycles. The van der Waals surface area contributed by atoms with E-state index in [4.69, 9.17) is 5.73 Å². The summed E-state index contributed by atoms with van der Waals surface area (Å²) in [7, 11) is 2.14. The molecular formula is C13H23N3. The summed E-state index contributed by atoms with van der Waals surface area (Å²) in [5, 5.41) is 0. The molecule has 90 valence electrons. The summed E-state index contributed by atoms with van der Waals surface area (Å²) in [5.41, 5.74) is 7.29. The quantitative estimate of drug-likeness (QED) is 0.829. The molecule has 3 heteroatoms. The topological polar surface area (TPSA) is 42.1 Å². The van der Waals surface area contributed by atoms with Crippen LogP contribution < -0.4 is 5.73 Å². The Morgan fingerprint density at radius 1 is 1.38 bits per heavy atom. The Labute approximate surface area is 98.7 Å². The van der Waals surface area contributed by atoms with E-state index in [1.165, 1.54) is 5.56 Å². The summed E-state index contributed by atoms with van der Waals surface area (Å²) < 4.78 is 0. The first-order valence-corrected chi connectivity index (χ1v) is 5.86. The van der Waals surface area contributed by atoms with Crippen molar-refractivity contribution in [2.75, 3.05) is 13.6 Å². The van der Waals surface area contributed by atoms with Gasteiger partial charge < -0.3 is 5.73 Å². The average molecular weight is 221 g/mol. The molecule has 0 spiro atoms. The second-order valence-electron chi connectivity index (χ2n) is 4.81. The summed E-state index contributed by atoms with van der Waals surface area (Å²) in [6.07, 6.45) is 4.75. The summed E-state index contributed by atoms with van der Waals surface area (Å²) in [6.45, 7) is 7.33. The Kier molecular flexibility index (Phi) is 4.44. The molecule has 16 heavy (non-hydrogen) atoms. The normalized spacial score (nSPS) is 14.1. The van der Waals surface area contributed by atoms with Gasteiger partial charge in [-0.25, -0.2) is 0 Å². The van der Waals surface area contributed by atoms with E-state index in [1.54, 1.807) is 0 Å². The zero-order valence-electron chi connectivity index (χ0n) is 10.8. The molecule has 1 heterocycles. The highest BCUT2D eigenvalue weighted by Gasteiger charge is 2.27. The molecule has 1 unspecified atom stereocenters. The van der Waals surface area contributed by atoms with Crippen LogP contribution in [0.3, 0.4) is 0 Å². The first-order valence-electron chi connectivity index (χ1n) is 5.86. The molecule has 1 rings (SSSR count). The van der Waals surface area contributed by atoms with Gasteiger partial charge in [0.25, 0.3) is 0 Å². The highest BCUT2D eigenvalue weighted by atomic mass is 15.2. The molecule has 0 aliphatic carbocycles. The van der Waals surface area contributed by atoms with Gasteiger partial charge in [-0.15, -0.1) is 0 Å². The maximum atomic E-state index is 5.90. The second kappa shape index (κ2) is 5.41. The van der Waals surface area contributed by atoms with Crippen LogP contribution in [0.4, 0.5) is 0 Å². The fourth-order valence-corrected chi connectivity index (χ4v) is 1.77. The molecule has 1 atom stereocenters. The maximum Gasteiger partial charge on any atom is 0.0473 e. The lowest BCUT2D eigenvalue weighted by Gasteiger charge is -2.40. The minimum Gasteiger partial charge on any atom is -0.329 e. The van der Waals surface area contributed by atoms with Gasteiger partial charge in [0.05, 0.1) is 0 Å². The van der Waals surface area contributed by atoms with E-state index < -0.39 is 0 Å². The monoisotopic (exact) mass is 221 g/mol. The standard InChI is InChI=1S/C13H23N3/c1-5-13(2,3)16(4)12(10-14)11-6-8-15-9-7-11/h6-9,12H,5,10,14H2,1-4H3.